The van der Waals surface area contributed by atoms with Gasteiger partial charge in [0.25, 0.3) is 0 Å². The van der Waals surface area contributed by atoms with Crippen LogP contribution in [0.25, 0.3) is 10.9 Å². The molecule has 1 unspecified atom stereocenters. The smallest absolute Gasteiger partial charge is 0.410 e. The summed E-state index contributed by atoms with van der Waals surface area (Å²) in [5, 5.41) is 20.3. The monoisotopic (exact) mass is 484 g/mol. The summed E-state index contributed by atoms with van der Waals surface area (Å²) >= 11 is 6.27. The lowest BCUT2D eigenvalue weighted by molar-refractivity contribution is 0.0535. The van der Waals surface area contributed by atoms with Crippen LogP contribution in [-0.4, -0.2) is 58.7 Å². The first kappa shape index (κ1) is 23.0. The number of ether oxygens (including phenoxy) is 2. The molecule has 1 saturated carbocycles. The van der Waals surface area contributed by atoms with Crippen LogP contribution in [0.3, 0.4) is 0 Å². The lowest BCUT2D eigenvalue weighted by Gasteiger charge is -2.36. The number of hydrogen-bond acceptors (Lipinski definition) is 5. The summed E-state index contributed by atoms with van der Waals surface area (Å²) in [6.07, 6.45) is 2.93. The van der Waals surface area contributed by atoms with Crippen molar-refractivity contribution in [2.75, 3.05) is 26.4 Å². The minimum atomic E-state index is -0.931. The quantitative estimate of drug-likeness (QED) is 0.461. The second kappa shape index (κ2) is 9.86. The van der Waals surface area contributed by atoms with Gasteiger partial charge in [-0.1, -0.05) is 30.2 Å². The van der Waals surface area contributed by atoms with Gasteiger partial charge in [-0.2, -0.15) is 0 Å². The van der Waals surface area contributed by atoms with Crippen molar-refractivity contribution in [3.63, 3.8) is 0 Å². The number of H-pyrrole nitrogens is 1. The van der Waals surface area contributed by atoms with E-state index in [9.17, 15) is 9.90 Å². The van der Waals surface area contributed by atoms with E-state index in [0.717, 1.165) is 40.6 Å². The van der Waals surface area contributed by atoms with Crippen molar-refractivity contribution in [1.29, 1.82) is 0 Å². The highest BCUT2D eigenvalue weighted by Crippen LogP contribution is 2.40. The molecule has 0 spiro atoms. The number of hydrogen-bond donors (Lipinski definition) is 3. The number of nitrogens with zero attached hydrogens (tertiary/aromatic N) is 1. The van der Waals surface area contributed by atoms with Crippen LogP contribution in [0.15, 0.2) is 42.5 Å². The molecule has 2 heterocycles. The van der Waals surface area contributed by atoms with Crippen LogP contribution in [0.4, 0.5) is 4.79 Å². The van der Waals surface area contributed by atoms with E-state index < -0.39 is 6.10 Å². The van der Waals surface area contributed by atoms with E-state index >= 15 is 0 Å². The first-order valence-corrected chi connectivity index (χ1v) is 12.2. The molecule has 180 valence electrons. The van der Waals surface area contributed by atoms with Gasteiger partial charge in [0.2, 0.25) is 0 Å². The fourth-order valence-corrected chi connectivity index (χ4v) is 4.90. The lowest BCUT2D eigenvalue weighted by atomic mass is 9.86. The third-order valence-electron chi connectivity index (χ3n) is 6.84. The molecule has 0 saturated heterocycles. The number of carbonyl (C=O) groups is 1. The first-order valence-electron chi connectivity index (χ1n) is 11.8. The third kappa shape index (κ3) is 4.60. The highest BCUT2D eigenvalue weighted by molar-refractivity contribution is 6.31. The summed E-state index contributed by atoms with van der Waals surface area (Å²) < 4.78 is 11.3. The number of aromatic amines is 1. The predicted molar refractivity (Wildman–Crippen MR) is 129 cm³/mol. The van der Waals surface area contributed by atoms with Crippen molar-refractivity contribution in [2.24, 2.45) is 5.92 Å². The van der Waals surface area contributed by atoms with Gasteiger partial charge in [0.1, 0.15) is 24.5 Å². The van der Waals surface area contributed by atoms with E-state index in [1.807, 2.05) is 42.5 Å². The molecule has 2 atom stereocenters. The molecule has 1 amide bonds. The van der Waals surface area contributed by atoms with Crippen LogP contribution < -0.4 is 4.74 Å². The molecule has 7 nitrogen and oxygen atoms in total. The van der Waals surface area contributed by atoms with E-state index in [-0.39, 0.29) is 25.3 Å². The minimum Gasteiger partial charge on any atom is -0.491 e. The Bertz CT molecular complexity index is 1160. The minimum absolute atomic E-state index is 0.00577. The normalized spacial score (nSPS) is 18.9. The number of rotatable bonds is 7. The van der Waals surface area contributed by atoms with Gasteiger partial charge in [0.15, 0.2) is 0 Å². The summed E-state index contributed by atoms with van der Waals surface area (Å²) in [6.45, 7) is 0.663. The van der Waals surface area contributed by atoms with Crippen LogP contribution in [0.2, 0.25) is 5.02 Å². The number of aromatic nitrogens is 1. The molecule has 0 radical (unpaired) electrons. The van der Waals surface area contributed by atoms with E-state index in [1.54, 1.807) is 4.90 Å². The Hall–Kier alpha value is -2.74. The average molecular weight is 485 g/mol. The molecule has 2 aliphatic rings. The molecule has 0 bridgehead atoms. The van der Waals surface area contributed by atoms with Gasteiger partial charge in [0, 0.05) is 28.2 Å². The molecule has 1 fully saturated rings. The summed E-state index contributed by atoms with van der Waals surface area (Å²) in [7, 11) is 0. The average Bonchev–Trinajstić information content (AvgIpc) is 3.19. The number of nitrogens with one attached hydrogen (secondary N) is 1. The topological polar surface area (TPSA) is 95.0 Å². The van der Waals surface area contributed by atoms with Crippen molar-refractivity contribution in [3.05, 3.63) is 64.3 Å². The van der Waals surface area contributed by atoms with Gasteiger partial charge in [-0.3, -0.25) is 4.90 Å². The van der Waals surface area contributed by atoms with Crippen molar-refractivity contribution in [3.8, 4) is 5.75 Å². The summed E-state index contributed by atoms with van der Waals surface area (Å²) in [5.41, 5.74) is 4.04. The maximum Gasteiger partial charge on any atom is 0.410 e. The zero-order chi connectivity index (χ0) is 23.7. The second-order valence-electron chi connectivity index (χ2n) is 9.14. The third-order valence-corrected chi connectivity index (χ3v) is 7.07. The standard InChI is InChI=1S/C26H29ClN2O5/c27-18-6-9-23-22(12-18)21-10-11-29(26(32)34-14-16-2-1-3-16)25(24(21)28-23)17-4-7-20(8-5-17)33-15-19(31)13-30/h4-9,12,16,19,25,28,30-31H,1-3,10-11,13-15H2/t19-,25?/m0/s1. The van der Waals surface area contributed by atoms with Crippen LogP contribution in [-0.2, 0) is 11.2 Å². The van der Waals surface area contributed by atoms with Gasteiger partial charge in [-0.25, -0.2) is 4.79 Å². The maximum atomic E-state index is 13.2. The number of aliphatic hydroxyl groups excluding tert-OH is 2. The molecule has 34 heavy (non-hydrogen) atoms. The van der Waals surface area contributed by atoms with Crippen molar-refractivity contribution in [1.82, 2.24) is 9.88 Å². The number of carbonyl (C=O) groups excluding carboxylic acids is 1. The molecular formula is C26H29ClN2O5. The summed E-state index contributed by atoms with van der Waals surface area (Å²) in [4.78, 5) is 18.5. The van der Waals surface area contributed by atoms with E-state index in [1.165, 1.54) is 6.42 Å². The Morgan fingerprint density at radius 1 is 1.21 bits per heavy atom. The van der Waals surface area contributed by atoms with Crippen molar-refractivity contribution >= 4 is 28.6 Å². The fraction of sp³-hybridized carbons (Fsp3) is 0.423. The number of amides is 1. The van der Waals surface area contributed by atoms with Crippen LogP contribution >= 0.6 is 11.6 Å². The molecule has 1 aliphatic carbocycles. The van der Waals surface area contributed by atoms with Crippen LogP contribution in [0.5, 0.6) is 5.75 Å². The van der Waals surface area contributed by atoms with Gasteiger partial charge in [-0.05, 0) is 66.6 Å². The molecule has 3 aromatic rings. The number of halogens is 1. The highest BCUT2D eigenvalue weighted by atomic mass is 35.5. The zero-order valence-electron chi connectivity index (χ0n) is 18.9. The Balaban J connectivity index is 1.45. The maximum absolute atomic E-state index is 13.2. The van der Waals surface area contributed by atoms with Gasteiger partial charge in [-0.15, -0.1) is 0 Å². The molecule has 2 aromatic carbocycles. The Morgan fingerprint density at radius 2 is 2.00 bits per heavy atom. The van der Waals surface area contributed by atoms with Gasteiger partial charge in [0.05, 0.1) is 13.2 Å². The Labute approximate surface area is 203 Å². The number of fused-ring (bicyclic) bond motifs is 3. The SMILES string of the molecule is O=C(OCC1CCC1)N1CCc2c([nH]c3ccc(Cl)cc23)C1c1ccc(OC[C@@H](O)CO)cc1. The molecule has 1 aliphatic heterocycles. The zero-order valence-corrected chi connectivity index (χ0v) is 19.6. The van der Waals surface area contributed by atoms with E-state index in [2.05, 4.69) is 4.98 Å². The highest BCUT2D eigenvalue weighted by Gasteiger charge is 2.36. The molecule has 8 heteroatoms. The molecular weight excluding hydrogens is 456 g/mol. The van der Waals surface area contributed by atoms with Crippen molar-refractivity contribution in [2.45, 2.75) is 37.8 Å². The Kier molecular flexibility index (Phi) is 6.68. The fourth-order valence-electron chi connectivity index (χ4n) is 4.73. The number of aliphatic hydroxyl groups is 2. The largest absolute Gasteiger partial charge is 0.491 e. The Morgan fingerprint density at radius 3 is 2.71 bits per heavy atom. The van der Waals surface area contributed by atoms with Crippen LogP contribution in [0, 0.1) is 5.92 Å². The second-order valence-corrected chi connectivity index (χ2v) is 9.58. The van der Waals surface area contributed by atoms with Gasteiger partial charge >= 0.3 is 6.09 Å². The van der Waals surface area contributed by atoms with Crippen molar-refractivity contribution < 1.29 is 24.5 Å². The number of benzene rings is 2. The van der Waals surface area contributed by atoms with Crippen LogP contribution in [0.1, 0.15) is 42.1 Å². The lowest BCUT2D eigenvalue weighted by Crippen LogP contribution is -2.41. The molecule has 1 aromatic heterocycles. The summed E-state index contributed by atoms with van der Waals surface area (Å²) in [5.74, 6) is 1.05. The van der Waals surface area contributed by atoms with E-state index in [4.69, 9.17) is 26.2 Å². The predicted octanol–water partition coefficient (Wildman–Crippen LogP) is 4.44. The molecule has 3 N–H and O–H groups in total. The first-order chi connectivity index (χ1) is 16.5. The molecule has 5 rings (SSSR count). The van der Waals surface area contributed by atoms with E-state index in [0.29, 0.717) is 36.3 Å². The van der Waals surface area contributed by atoms with Gasteiger partial charge < -0.3 is 24.7 Å². The summed E-state index contributed by atoms with van der Waals surface area (Å²) in [6, 6.07) is 12.9.